The number of aryl methyl sites for hydroxylation is 1. The van der Waals surface area contributed by atoms with E-state index in [9.17, 15) is 14.9 Å². The highest BCUT2D eigenvalue weighted by molar-refractivity contribution is 5.66. The Morgan fingerprint density at radius 2 is 2.18 bits per heavy atom. The highest BCUT2D eigenvalue weighted by Crippen LogP contribution is 2.26. The van der Waals surface area contributed by atoms with Gasteiger partial charge in [-0.25, -0.2) is 0 Å². The molecule has 5 nitrogen and oxygen atoms in total. The standard InChI is InChI=1S/C12H15NO4/c1-8(3-6-12(14)15)10-4-5-11(13(16)17)9(2)7-10/h4-5,7-8H,3,6H2,1-2H3,(H,14,15). The lowest BCUT2D eigenvalue weighted by Crippen LogP contribution is -2.01. The van der Waals surface area contributed by atoms with Gasteiger partial charge in [0.2, 0.25) is 0 Å². The smallest absolute Gasteiger partial charge is 0.303 e. The molecule has 0 aliphatic carbocycles. The Hall–Kier alpha value is -1.91. The fourth-order valence-corrected chi connectivity index (χ4v) is 1.70. The fraction of sp³-hybridized carbons (Fsp3) is 0.417. The molecule has 0 saturated heterocycles. The first-order valence-electron chi connectivity index (χ1n) is 5.38. The quantitative estimate of drug-likeness (QED) is 0.630. The molecule has 1 rings (SSSR count). The van der Waals surface area contributed by atoms with Crippen LogP contribution < -0.4 is 0 Å². The van der Waals surface area contributed by atoms with Crippen molar-refractivity contribution in [1.82, 2.24) is 0 Å². The van der Waals surface area contributed by atoms with Crippen LogP contribution in [0, 0.1) is 17.0 Å². The van der Waals surface area contributed by atoms with E-state index in [1.807, 2.05) is 6.92 Å². The number of carboxylic acid groups (broad SMARTS) is 1. The van der Waals surface area contributed by atoms with Crippen LogP contribution in [0.3, 0.4) is 0 Å². The third-order valence-corrected chi connectivity index (χ3v) is 2.78. The van der Waals surface area contributed by atoms with Gasteiger partial charge in [-0.3, -0.25) is 14.9 Å². The Bertz CT molecular complexity index is 442. The Kier molecular flexibility index (Phi) is 4.20. The number of carboxylic acids is 1. The molecule has 5 heteroatoms. The first-order chi connectivity index (χ1) is 7.91. The monoisotopic (exact) mass is 237 g/mol. The molecule has 0 saturated carbocycles. The zero-order valence-electron chi connectivity index (χ0n) is 9.84. The van der Waals surface area contributed by atoms with Gasteiger partial charge in [-0.05, 0) is 30.9 Å². The average molecular weight is 237 g/mol. The number of benzene rings is 1. The van der Waals surface area contributed by atoms with Crippen LogP contribution in [0.2, 0.25) is 0 Å². The minimum atomic E-state index is -0.824. The predicted molar refractivity (Wildman–Crippen MR) is 63.1 cm³/mol. The maximum atomic E-state index is 10.6. The van der Waals surface area contributed by atoms with Crippen LogP contribution in [0.5, 0.6) is 0 Å². The summed E-state index contributed by atoms with van der Waals surface area (Å²) in [6.07, 6.45) is 0.643. The van der Waals surface area contributed by atoms with Crippen molar-refractivity contribution in [3.05, 3.63) is 39.4 Å². The molecule has 1 N–H and O–H groups in total. The lowest BCUT2D eigenvalue weighted by atomic mass is 9.94. The van der Waals surface area contributed by atoms with Crippen LogP contribution in [-0.2, 0) is 4.79 Å². The van der Waals surface area contributed by atoms with Crippen LogP contribution in [-0.4, -0.2) is 16.0 Å². The second kappa shape index (κ2) is 5.43. The van der Waals surface area contributed by atoms with Gasteiger partial charge in [0.25, 0.3) is 5.69 Å². The summed E-state index contributed by atoms with van der Waals surface area (Å²) < 4.78 is 0. The van der Waals surface area contributed by atoms with Crippen molar-refractivity contribution in [2.45, 2.75) is 32.6 Å². The Balaban J connectivity index is 2.82. The highest BCUT2D eigenvalue weighted by Gasteiger charge is 2.13. The first kappa shape index (κ1) is 13.2. The molecule has 92 valence electrons. The first-order valence-corrected chi connectivity index (χ1v) is 5.38. The van der Waals surface area contributed by atoms with Gasteiger partial charge in [0.05, 0.1) is 4.92 Å². The molecule has 0 spiro atoms. The van der Waals surface area contributed by atoms with Crippen molar-refractivity contribution in [2.24, 2.45) is 0 Å². The fourth-order valence-electron chi connectivity index (χ4n) is 1.70. The molecule has 0 aliphatic heterocycles. The molecular weight excluding hydrogens is 222 g/mol. The summed E-state index contributed by atoms with van der Waals surface area (Å²) in [5.41, 5.74) is 1.64. The van der Waals surface area contributed by atoms with E-state index in [0.29, 0.717) is 12.0 Å². The number of hydrogen-bond donors (Lipinski definition) is 1. The van der Waals surface area contributed by atoms with E-state index in [2.05, 4.69) is 0 Å². The molecule has 0 radical (unpaired) electrons. The van der Waals surface area contributed by atoms with Crippen molar-refractivity contribution in [1.29, 1.82) is 0 Å². The van der Waals surface area contributed by atoms with Crippen LogP contribution in [0.4, 0.5) is 5.69 Å². The topological polar surface area (TPSA) is 80.4 Å². The van der Waals surface area contributed by atoms with Crippen molar-refractivity contribution in [3.8, 4) is 0 Å². The molecule has 0 bridgehead atoms. The van der Waals surface area contributed by atoms with Gasteiger partial charge in [0.15, 0.2) is 0 Å². The largest absolute Gasteiger partial charge is 0.481 e. The molecule has 0 amide bonds. The number of nitro benzene ring substituents is 1. The molecule has 1 unspecified atom stereocenters. The van der Waals surface area contributed by atoms with Crippen molar-refractivity contribution < 1.29 is 14.8 Å². The van der Waals surface area contributed by atoms with E-state index in [1.54, 1.807) is 19.1 Å². The van der Waals surface area contributed by atoms with Crippen molar-refractivity contribution in [2.75, 3.05) is 0 Å². The van der Waals surface area contributed by atoms with Crippen molar-refractivity contribution in [3.63, 3.8) is 0 Å². The summed E-state index contributed by atoms with van der Waals surface area (Å²) in [5, 5.41) is 19.2. The predicted octanol–water partition coefficient (Wildman–Crippen LogP) is 2.87. The minimum absolute atomic E-state index is 0.0885. The maximum absolute atomic E-state index is 10.6. The van der Waals surface area contributed by atoms with E-state index in [-0.39, 0.29) is 18.0 Å². The van der Waals surface area contributed by atoms with Gasteiger partial charge in [-0.15, -0.1) is 0 Å². The van der Waals surface area contributed by atoms with E-state index in [0.717, 1.165) is 5.56 Å². The maximum Gasteiger partial charge on any atom is 0.303 e. The molecule has 1 aromatic rings. The molecule has 0 aliphatic rings. The van der Waals surface area contributed by atoms with Gasteiger partial charge in [0.1, 0.15) is 0 Å². The normalized spacial score (nSPS) is 12.1. The summed E-state index contributed by atoms with van der Waals surface area (Å²) in [6, 6.07) is 4.92. The Morgan fingerprint density at radius 3 is 2.65 bits per heavy atom. The number of nitro groups is 1. The summed E-state index contributed by atoms with van der Waals surface area (Å²) in [5.74, 6) is -0.735. The van der Waals surface area contributed by atoms with Crippen LogP contribution >= 0.6 is 0 Å². The zero-order valence-corrected chi connectivity index (χ0v) is 9.84. The molecule has 17 heavy (non-hydrogen) atoms. The van der Waals surface area contributed by atoms with Crippen molar-refractivity contribution >= 4 is 11.7 Å². The van der Waals surface area contributed by atoms with E-state index >= 15 is 0 Å². The van der Waals surface area contributed by atoms with Gasteiger partial charge in [0, 0.05) is 18.1 Å². The number of rotatable bonds is 5. The number of aliphatic carboxylic acids is 1. The third kappa shape index (κ3) is 3.55. The van der Waals surface area contributed by atoms with Crippen LogP contribution in [0.25, 0.3) is 0 Å². The lowest BCUT2D eigenvalue weighted by Gasteiger charge is -2.11. The molecule has 0 fully saturated rings. The zero-order chi connectivity index (χ0) is 13.0. The van der Waals surface area contributed by atoms with Gasteiger partial charge >= 0.3 is 5.97 Å². The van der Waals surface area contributed by atoms with Gasteiger partial charge in [-0.2, -0.15) is 0 Å². The molecule has 0 heterocycles. The minimum Gasteiger partial charge on any atom is -0.481 e. The van der Waals surface area contributed by atoms with Crippen LogP contribution in [0.1, 0.15) is 36.8 Å². The summed E-state index contributed by atoms with van der Waals surface area (Å²) in [4.78, 5) is 20.7. The molecule has 1 aromatic carbocycles. The van der Waals surface area contributed by atoms with E-state index < -0.39 is 10.9 Å². The van der Waals surface area contributed by atoms with Gasteiger partial charge in [-0.1, -0.05) is 13.0 Å². The summed E-state index contributed by atoms with van der Waals surface area (Å²) in [6.45, 7) is 3.61. The van der Waals surface area contributed by atoms with E-state index in [4.69, 9.17) is 5.11 Å². The Morgan fingerprint density at radius 1 is 1.53 bits per heavy atom. The number of nitrogens with zero attached hydrogens (tertiary/aromatic N) is 1. The van der Waals surface area contributed by atoms with Crippen LogP contribution in [0.15, 0.2) is 18.2 Å². The summed E-state index contributed by atoms with van der Waals surface area (Å²) >= 11 is 0. The average Bonchev–Trinajstić information content (AvgIpc) is 2.25. The Labute approximate surface area is 99.2 Å². The number of carbonyl (C=O) groups is 1. The molecule has 0 aromatic heterocycles. The SMILES string of the molecule is Cc1cc(C(C)CCC(=O)O)ccc1[N+](=O)[O-]. The highest BCUT2D eigenvalue weighted by atomic mass is 16.6. The van der Waals surface area contributed by atoms with Gasteiger partial charge < -0.3 is 5.11 Å². The molecular formula is C12H15NO4. The summed E-state index contributed by atoms with van der Waals surface area (Å²) in [7, 11) is 0. The number of hydrogen-bond acceptors (Lipinski definition) is 3. The second-order valence-corrected chi connectivity index (χ2v) is 4.14. The third-order valence-electron chi connectivity index (χ3n) is 2.78. The second-order valence-electron chi connectivity index (χ2n) is 4.14. The lowest BCUT2D eigenvalue weighted by molar-refractivity contribution is -0.385. The van der Waals surface area contributed by atoms with E-state index in [1.165, 1.54) is 6.07 Å². The molecule has 1 atom stereocenters.